The largest absolute Gasteiger partial charge is 0.467 e. The first-order valence-corrected chi connectivity index (χ1v) is 11.7. The normalized spacial score (nSPS) is 17.4. The van der Waals surface area contributed by atoms with E-state index in [2.05, 4.69) is 0 Å². The lowest BCUT2D eigenvalue weighted by Gasteiger charge is -2.36. The Hall–Kier alpha value is -2.83. The summed E-state index contributed by atoms with van der Waals surface area (Å²) in [6, 6.07) is 10.4. The van der Waals surface area contributed by atoms with Gasteiger partial charge in [-0.2, -0.15) is 0 Å². The fraction of sp³-hybridized carbons (Fsp3) is 0.520. The van der Waals surface area contributed by atoms with E-state index in [0.29, 0.717) is 51.4 Å². The van der Waals surface area contributed by atoms with Crippen molar-refractivity contribution in [3.63, 3.8) is 0 Å². The molecule has 1 aromatic carbocycles. The average Bonchev–Trinajstić information content (AvgIpc) is 3.35. The van der Waals surface area contributed by atoms with Crippen molar-refractivity contribution in [3.8, 4) is 0 Å². The minimum absolute atomic E-state index is 0.0408. The minimum atomic E-state index is -0.234. The number of hydrogen-bond acceptors (Lipinski definition) is 4. The highest BCUT2D eigenvalue weighted by Crippen LogP contribution is 2.26. The van der Waals surface area contributed by atoms with Crippen molar-refractivity contribution in [1.29, 1.82) is 0 Å². The van der Waals surface area contributed by atoms with Gasteiger partial charge in [0.05, 0.1) is 18.5 Å². The highest BCUT2D eigenvalue weighted by molar-refractivity contribution is 5.81. The molecule has 6 nitrogen and oxygen atoms in total. The van der Waals surface area contributed by atoms with Crippen LogP contribution in [-0.2, 0) is 16.1 Å². The summed E-state index contributed by atoms with van der Waals surface area (Å²) in [6.45, 7) is 3.11. The Bertz CT molecular complexity index is 888. The van der Waals surface area contributed by atoms with Crippen LogP contribution in [-0.4, -0.2) is 54.3 Å². The van der Waals surface area contributed by atoms with Crippen LogP contribution in [0.4, 0.5) is 10.1 Å². The molecule has 0 atom stereocenters. The maximum absolute atomic E-state index is 14.1. The number of piperazine rings is 1. The van der Waals surface area contributed by atoms with Crippen molar-refractivity contribution >= 4 is 17.5 Å². The molecule has 2 amide bonds. The third-order valence-electron chi connectivity index (χ3n) is 6.61. The van der Waals surface area contributed by atoms with Gasteiger partial charge in [0, 0.05) is 45.1 Å². The predicted octanol–water partition coefficient (Wildman–Crippen LogP) is 4.07. The SMILES string of the molecule is O=C(CCN(Cc1ccco1)C(=O)C1CCCCC1)N1CCN(c2ccccc2F)CC1. The Balaban J connectivity index is 1.31. The van der Waals surface area contributed by atoms with E-state index >= 15 is 0 Å². The van der Waals surface area contributed by atoms with Crippen molar-refractivity contribution in [3.05, 3.63) is 54.2 Å². The number of furan rings is 1. The first kappa shape index (κ1) is 22.4. The van der Waals surface area contributed by atoms with Crippen molar-refractivity contribution < 1.29 is 18.4 Å². The van der Waals surface area contributed by atoms with Crippen LogP contribution >= 0.6 is 0 Å². The second-order valence-corrected chi connectivity index (χ2v) is 8.74. The molecule has 7 heteroatoms. The van der Waals surface area contributed by atoms with Crippen LogP contribution in [0.25, 0.3) is 0 Å². The number of nitrogens with zero attached hydrogens (tertiary/aromatic N) is 3. The Morgan fingerprint density at radius 1 is 1.00 bits per heavy atom. The summed E-state index contributed by atoms with van der Waals surface area (Å²) >= 11 is 0. The predicted molar refractivity (Wildman–Crippen MR) is 121 cm³/mol. The lowest BCUT2D eigenvalue weighted by atomic mass is 9.88. The summed E-state index contributed by atoms with van der Waals surface area (Å²) in [5.41, 5.74) is 0.585. The van der Waals surface area contributed by atoms with Gasteiger partial charge in [-0.3, -0.25) is 9.59 Å². The molecule has 1 aliphatic carbocycles. The van der Waals surface area contributed by atoms with Crippen LogP contribution in [0, 0.1) is 11.7 Å². The summed E-state index contributed by atoms with van der Waals surface area (Å²) < 4.78 is 19.5. The number of halogens is 1. The molecule has 2 aromatic rings. The molecule has 32 heavy (non-hydrogen) atoms. The van der Waals surface area contributed by atoms with Gasteiger partial charge in [0.15, 0.2) is 0 Å². The Kier molecular flexibility index (Phi) is 7.45. The lowest BCUT2D eigenvalue weighted by molar-refractivity contribution is -0.139. The molecule has 0 radical (unpaired) electrons. The number of benzene rings is 1. The van der Waals surface area contributed by atoms with Crippen LogP contribution < -0.4 is 4.90 Å². The van der Waals surface area contributed by atoms with E-state index in [4.69, 9.17) is 4.42 Å². The third-order valence-corrected chi connectivity index (χ3v) is 6.61. The second kappa shape index (κ2) is 10.7. The van der Waals surface area contributed by atoms with Gasteiger partial charge < -0.3 is 19.1 Å². The smallest absolute Gasteiger partial charge is 0.226 e. The minimum Gasteiger partial charge on any atom is -0.467 e. The van der Waals surface area contributed by atoms with Gasteiger partial charge in [0.1, 0.15) is 11.6 Å². The van der Waals surface area contributed by atoms with Crippen LogP contribution in [0.1, 0.15) is 44.3 Å². The maximum Gasteiger partial charge on any atom is 0.226 e. The number of anilines is 1. The van der Waals surface area contributed by atoms with Gasteiger partial charge in [0.2, 0.25) is 11.8 Å². The quantitative estimate of drug-likeness (QED) is 0.650. The van der Waals surface area contributed by atoms with Crippen LogP contribution in [0.2, 0.25) is 0 Å². The molecule has 0 spiro atoms. The number of hydrogen-bond donors (Lipinski definition) is 0. The standard InChI is InChI=1S/C25H32FN3O3/c26-22-10-4-5-11-23(22)27-14-16-28(17-15-27)24(30)12-13-29(19-21-9-6-18-32-21)25(31)20-7-2-1-3-8-20/h4-6,9-11,18,20H,1-3,7-8,12-17,19H2. The molecule has 1 aliphatic heterocycles. The van der Waals surface area contributed by atoms with Crippen molar-refractivity contribution in [2.75, 3.05) is 37.6 Å². The Morgan fingerprint density at radius 3 is 2.44 bits per heavy atom. The summed E-state index contributed by atoms with van der Waals surface area (Å²) in [7, 11) is 0. The summed E-state index contributed by atoms with van der Waals surface area (Å²) in [5, 5.41) is 0. The van der Waals surface area contributed by atoms with Gasteiger partial charge >= 0.3 is 0 Å². The maximum atomic E-state index is 14.1. The third kappa shape index (κ3) is 5.50. The molecule has 2 fully saturated rings. The number of para-hydroxylation sites is 1. The van der Waals surface area contributed by atoms with Crippen LogP contribution in [0.5, 0.6) is 0 Å². The average molecular weight is 442 g/mol. The molecule has 1 aromatic heterocycles. The van der Waals surface area contributed by atoms with E-state index in [1.54, 1.807) is 23.3 Å². The van der Waals surface area contributed by atoms with Crippen LogP contribution in [0.3, 0.4) is 0 Å². The number of amides is 2. The topological polar surface area (TPSA) is 57.0 Å². The molecular weight excluding hydrogens is 409 g/mol. The Labute approximate surface area is 189 Å². The number of carbonyl (C=O) groups is 2. The molecule has 2 heterocycles. The molecular formula is C25H32FN3O3. The van der Waals surface area contributed by atoms with Gasteiger partial charge in [-0.25, -0.2) is 4.39 Å². The molecule has 4 rings (SSSR count). The zero-order valence-electron chi connectivity index (χ0n) is 18.5. The van der Waals surface area contributed by atoms with E-state index in [-0.39, 0.29) is 23.5 Å². The molecule has 0 bridgehead atoms. The molecule has 1 saturated heterocycles. The first-order chi connectivity index (χ1) is 15.6. The monoisotopic (exact) mass is 441 g/mol. The second-order valence-electron chi connectivity index (χ2n) is 8.74. The zero-order valence-corrected chi connectivity index (χ0v) is 18.5. The molecule has 0 unspecified atom stereocenters. The van der Waals surface area contributed by atoms with Gasteiger partial charge in [-0.15, -0.1) is 0 Å². The summed E-state index contributed by atoms with van der Waals surface area (Å²) in [5.74, 6) is 0.734. The van der Waals surface area contributed by atoms with Crippen molar-refractivity contribution in [2.24, 2.45) is 5.92 Å². The summed E-state index contributed by atoms with van der Waals surface area (Å²) in [4.78, 5) is 31.7. The highest BCUT2D eigenvalue weighted by Gasteiger charge is 2.28. The van der Waals surface area contributed by atoms with Crippen LogP contribution in [0.15, 0.2) is 47.1 Å². The van der Waals surface area contributed by atoms with E-state index < -0.39 is 0 Å². The van der Waals surface area contributed by atoms with Crippen molar-refractivity contribution in [2.45, 2.75) is 45.1 Å². The van der Waals surface area contributed by atoms with E-state index in [1.807, 2.05) is 28.0 Å². The van der Waals surface area contributed by atoms with E-state index in [9.17, 15) is 14.0 Å². The highest BCUT2D eigenvalue weighted by atomic mass is 19.1. The molecule has 172 valence electrons. The summed E-state index contributed by atoms with van der Waals surface area (Å²) in [6.07, 6.45) is 7.14. The van der Waals surface area contributed by atoms with E-state index in [0.717, 1.165) is 31.4 Å². The van der Waals surface area contributed by atoms with Gasteiger partial charge in [0.25, 0.3) is 0 Å². The fourth-order valence-corrected chi connectivity index (χ4v) is 4.76. The van der Waals surface area contributed by atoms with E-state index in [1.165, 1.54) is 12.5 Å². The van der Waals surface area contributed by atoms with Gasteiger partial charge in [-0.05, 0) is 37.1 Å². The molecule has 0 N–H and O–H groups in total. The molecule has 1 saturated carbocycles. The zero-order chi connectivity index (χ0) is 22.3. The molecule has 2 aliphatic rings. The number of carbonyl (C=O) groups excluding carboxylic acids is 2. The lowest BCUT2D eigenvalue weighted by Crippen LogP contribution is -2.49. The fourth-order valence-electron chi connectivity index (χ4n) is 4.76. The number of rotatable bonds is 7. The van der Waals surface area contributed by atoms with Crippen molar-refractivity contribution in [1.82, 2.24) is 9.80 Å². The van der Waals surface area contributed by atoms with Gasteiger partial charge in [-0.1, -0.05) is 31.4 Å². The first-order valence-electron chi connectivity index (χ1n) is 11.7. The Morgan fingerprint density at radius 2 is 1.75 bits per heavy atom.